The molecule has 6 nitrogen and oxygen atoms in total. The number of pyridine rings is 1. The lowest BCUT2D eigenvalue weighted by atomic mass is 10.1. The van der Waals surface area contributed by atoms with E-state index in [0.29, 0.717) is 12.4 Å². The third-order valence-corrected chi connectivity index (χ3v) is 7.19. The molecular weight excluding hydrogens is 406 g/mol. The van der Waals surface area contributed by atoms with Gasteiger partial charge in [-0.3, -0.25) is 15.3 Å². The lowest BCUT2D eigenvalue weighted by molar-refractivity contribution is 0.238. The van der Waals surface area contributed by atoms with E-state index in [-0.39, 0.29) is 10.7 Å². The van der Waals surface area contributed by atoms with Crippen molar-refractivity contribution in [2.45, 2.75) is 23.6 Å². The highest BCUT2D eigenvalue weighted by Gasteiger charge is 2.38. The Morgan fingerprint density at radius 1 is 1.06 bits per heavy atom. The Kier molecular flexibility index (Phi) is 5.80. The molecule has 0 radical (unpaired) electrons. The highest BCUT2D eigenvalue weighted by molar-refractivity contribution is 8.01. The van der Waals surface area contributed by atoms with E-state index in [1.54, 1.807) is 11.8 Å². The number of hydrogen-bond acceptors (Lipinski definition) is 6. The average Bonchev–Trinajstić information content (AvgIpc) is 3.42. The van der Waals surface area contributed by atoms with Crippen LogP contribution in [0.3, 0.4) is 0 Å². The normalized spacial score (nSPS) is 21.8. The lowest BCUT2D eigenvalue weighted by Gasteiger charge is -2.23. The van der Waals surface area contributed by atoms with Gasteiger partial charge in [-0.25, -0.2) is 0 Å². The number of aromatic nitrogens is 1. The molecule has 0 spiro atoms. The van der Waals surface area contributed by atoms with Gasteiger partial charge in [-0.05, 0) is 61.6 Å². The first-order valence-electron chi connectivity index (χ1n) is 10.8. The van der Waals surface area contributed by atoms with Crippen molar-refractivity contribution < 1.29 is 4.74 Å². The number of nitrogens with zero attached hydrogens (tertiary/aromatic N) is 3. The van der Waals surface area contributed by atoms with Crippen molar-refractivity contribution in [2.24, 2.45) is 5.73 Å². The number of nitrogens with one attached hydrogen (secondary N) is 1. The van der Waals surface area contributed by atoms with Gasteiger partial charge in [0.15, 0.2) is 0 Å². The monoisotopic (exact) mass is 433 g/mol. The van der Waals surface area contributed by atoms with Crippen LogP contribution in [0, 0.1) is 5.41 Å². The lowest BCUT2D eigenvalue weighted by Crippen LogP contribution is -2.38. The number of anilines is 1. The molecule has 3 heterocycles. The molecule has 2 aromatic carbocycles. The van der Waals surface area contributed by atoms with Gasteiger partial charge in [0.1, 0.15) is 28.9 Å². The van der Waals surface area contributed by atoms with Crippen LogP contribution in [-0.2, 0) is 0 Å². The third-order valence-electron chi connectivity index (χ3n) is 5.98. The summed E-state index contributed by atoms with van der Waals surface area (Å²) in [6.45, 7) is 4.03. The second-order valence-electron chi connectivity index (χ2n) is 7.97. The van der Waals surface area contributed by atoms with Crippen molar-refractivity contribution in [3.63, 3.8) is 0 Å². The highest BCUT2D eigenvalue weighted by atomic mass is 32.2. The van der Waals surface area contributed by atoms with Gasteiger partial charge in [0.25, 0.3) is 0 Å². The predicted molar refractivity (Wildman–Crippen MR) is 128 cm³/mol. The van der Waals surface area contributed by atoms with E-state index in [9.17, 15) is 0 Å². The number of rotatable bonds is 6. The van der Waals surface area contributed by atoms with Crippen LogP contribution < -0.4 is 15.4 Å². The average molecular weight is 434 g/mol. The van der Waals surface area contributed by atoms with Crippen molar-refractivity contribution in [3.8, 4) is 5.75 Å². The zero-order chi connectivity index (χ0) is 21.2. The van der Waals surface area contributed by atoms with Crippen molar-refractivity contribution in [3.05, 3.63) is 66.5 Å². The summed E-state index contributed by atoms with van der Waals surface area (Å²) in [6, 6.07) is 18.1. The van der Waals surface area contributed by atoms with Crippen LogP contribution in [0.15, 0.2) is 60.8 Å². The number of likely N-dealkylation sites (tertiary alicyclic amines) is 1. The fourth-order valence-corrected chi connectivity index (χ4v) is 5.56. The number of fused-ring (bicyclic) bond motifs is 1. The van der Waals surface area contributed by atoms with Crippen LogP contribution in [0.1, 0.15) is 23.8 Å². The number of ether oxygens (including phenoxy) is 1. The summed E-state index contributed by atoms with van der Waals surface area (Å²) in [4.78, 5) is 8.94. The van der Waals surface area contributed by atoms with E-state index >= 15 is 0 Å². The molecule has 160 valence electrons. The second kappa shape index (κ2) is 8.86. The quantitative estimate of drug-likeness (QED) is 0.606. The number of amidine groups is 1. The first kappa shape index (κ1) is 20.3. The van der Waals surface area contributed by atoms with E-state index in [2.05, 4.69) is 22.0 Å². The molecule has 0 saturated carbocycles. The van der Waals surface area contributed by atoms with E-state index in [1.165, 1.54) is 25.9 Å². The predicted octanol–water partition coefficient (Wildman–Crippen LogP) is 4.22. The minimum absolute atomic E-state index is 0.197. The zero-order valence-electron chi connectivity index (χ0n) is 17.4. The summed E-state index contributed by atoms with van der Waals surface area (Å²) >= 11 is 1.56. The molecule has 1 aromatic heterocycles. The minimum Gasteiger partial charge on any atom is -0.492 e. The molecule has 2 aliphatic rings. The molecule has 2 fully saturated rings. The topological polar surface area (TPSA) is 78.5 Å². The van der Waals surface area contributed by atoms with Crippen molar-refractivity contribution in [2.75, 3.05) is 31.1 Å². The fraction of sp³-hybridized carbons (Fsp3) is 0.333. The largest absolute Gasteiger partial charge is 0.492 e. The van der Waals surface area contributed by atoms with Crippen LogP contribution in [0.5, 0.6) is 5.75 Å². The summed E-state index contributed by atoms with van der Waals surface area (Å²) in [6.07, 6.45) is 4.40. The van der Waals surface area contributed by atoms with E-state index < -0.39 is 0 Å². The molecule has 0 amide bonds. The molecule has 3 N–H and O–H groups in total. The Morgan fingerprint density at radius 3 is 2.65 bits per heavy atom. The van der Waals surface area contributed by atoms with Crippen LogP contribution >= 0.6 is 11.8 Å². The summed E-state index contributed by atoms with van der Waals surface area (Å²) < 4.78 is 5.92. The van der Waals surface area contributed by atoms with Gasteiger partial charge >= 0.3 is 0 Å². The van der Waals surface area contributed by atoms with Gasteiger partial charge in [0.2, 0.25) is 0 Å². The maximum Gasteiger partial charge on any atom is 0.132 e. The van der Waals surface area contributed by atoms with Gasteiger partial charge in [0.05, 0.1) is 5.69 Å². The van der Waals surface area contributed by atoms with Gasteiger partial charge in [0, 0.05) is 23.8 Å². The Morgan fingerprint density at radius 2 is 1.84 bits per heavy atom. The Labute approximate surface area is 186 Å². The SMILES string of the molecule is N=C1C(c2nccc3ccccc23)SC(N)N1c1ccc(OCCN2CCCC2)cc1. The molecule has 31 heavy (non-hydrogen) atoms. The van der Waals surface area contributed by atoms with Gasteiger partial charge in [-0.2, -0.15) is 0 Å². The zero-order valence-corrected chi connectivity index (χ0v) is 18.2. The third kappa shape index (κ3) is 4.13. The highest BCUT2D eigenvalue weighted by Crippen LogP contribution is 2.44. The smallest absolute Gasteiger partial charge is 0.132 e. The van der Waals surface area contributed by atoms with Gasteiger partial charge in [-0.15, -0.1) is 11.8 Å². The molecule has 2 atom stereocenters. The Bertz CT molecular complexity index is 1060. The molecule has 2 saturated heterocycles. The summed E-state index contributed by atoms with van der Waals surface area (Å²) in [7, 11) is 0. The van der Waals surface area contributed by atoms with E-state index in [4.69, 9.17) is 15.9 Å². The molecular formula is C24H27N5OS. The maximum absolute atomic E-state index is 8.85. The second-order valence-corrected chi connectivity index (χ2v) is 9.20. The molecule has 0 bridgehead atoms. The first-order valence-corrected chi connectivity index (χ1v) is 11.7. The van der Waals surface area contributed by atoms with Crippen LogP contribution in [0.25, 0.3) is 10.8 Å². The van der Waals surface area contributed by atoms with Crippen molar-refractivity contribution in [1.82, 2.24) is 9.88 Å². The summed E-state index contributed by atoms with van der Waals surface area (Å²) in [5.41, 5.74) is 7.91. The number of nitrogens with two attached hydrogens (primary N) is 1. The summed E-state index contributed by atoms with van der Waals surface area (Å²) in [5.74, 6) is 1.31. The first-order chi connectivity index (χ1) is 15.2. The van der Waals surface area contributed by atoms with Crippen LogP contribution in [-0.4, -0.2) is 47.5 Å². The molecule has 2 aliphatic heterocycles. The fourth-order valence-electron chi connectivity index (χ4n) is 4.36. The number of hydrogen-bond donors (Lipinski definition) is 2. The standard InChI is InChI=1S/C24H27N5OS/c25-23-22(21-20-6-2-1-5-17(20)11-12-27-21)31-24(26)29(23)18-7-9-19(10-8-18)30-16-15-28-13-3-4-14-28/h1-2,5-12,22,24-25H,3-4,13-16,26H2. The number of benzene rings is 2. The Hall–Kier alpha value is -2.61. The number of thioether (sulfide) groups is 1. The molecule has 5 rings (SSSR count). The van der Waals surface area contributed by atoms with E-state index in [1.807, 2.05) is 53.6 Å². The Balaban J connectivity index is 1.29. The van der Waals surface area contributed by atoms with Crippen molar-refractivity contribution in [1.29, 1.82) is 5.41 Å². The van der Waals surface area contributed by atoms with Gasteiger partial charge < -0.3 is 15.4 Å². The molecule has 0 aliphatic carbocycles. The minimum atomic E-state index is -0.333. The summed E-state index contributed by atoms with van der Waals surface area (Å²) in [5, 5.41) is 10.9. The molecule has 3 aromatic rings. The molecule has 2 unspecified atom stereocenters. The molecule has 7 heteroatoms. The van der Waals surface area contributed by atoms with Gasteiger partial charge in [-0.1, -0.05) is 24.3 Å². The van der Waals surface area contributed by atoms with Crippen LogP contribution in [0.2, 0.25) is 0 Å². The van der Waals surface area contributed by atoms with Crippen molar-refractivity contribution >= 4 is 34.1 Å². The van der Waals surface area contributed by atoms with E-state index in [0.717, 1.165) is 34.4 Å². The van der Waals surface area contributed by atoms with Crippen LogP contribution in [0.4, 0.5) is 5.69 Å². The maximum atomic E-state index is 8.85.